The highest BCUT2D eigenvalue weighted by atomic mass is 35.5. The van der Waals surface area contributed by atoms with Crippen molar-refractivity contribution in [2.45, 2.75) is 64.4 Å². The van der Waals surface area contributed by atoms with Crippen molar-refractivity contribution < 1.29 is 37.5 Å². The molecule has 1 aliphatic carbocycles. The predicted octanol–water partition coefficient (Wildman–Crippen LogP) is 6.14. The first-order chi connectivity index (χ1) is 26.6. The van der Waals surface area contributed by atoms with Gasteiger partial charge in [-0.2, -0.15) is 0 Å². The molecule has 13 nitrogen and oxygen atoms in total. The lowest BCUT2D eigenvalue weighted by Gasteiger charge is -2.43. The molecule has 0 radical (unpaired) electrons. The number of benzene rings is 2. The number of allylic oxidation sites excluding steroid dienone is 1. The number of hydrogen-bond acceptors (Lipinski definition) is 10. The van der Waals surface area contributed by atoms with E-state index in [4.69, 9.17) is 35.3 Å². The Hall–Kier alpha value is -3.95. The van der Waals surface area contributed by atoms with Crippen LogP contribution in [0.4, 0.5) is 5.69 Å². The van der Waals surface area contributed by atoms with Crippen molar-refractivity contribution in [3.63, 3.8) is 0 Å². The topological polar surface area (TPSA) is 143 Å². The molecule has 55 heavy (non-hydrogen) atoms. The molecule has 2 fully saturated rings. The number of ether oxygens (including phenoxy) is 5. The van der Waals surface area contributed by atoms with Gasteiger partial charge in [0, 0.05) is 44.0 Å². The fourth-order valence-corrected chi connectivity index (χ4v) is 9.83. The number of halogens is 1. The Labute approximate surface area is 327 Å². The van der Waals surface area contributed by atoms with E-state index in [2.05, 4.69) is 37.3 Å². The number of carbonyl (C=O) groups is 2. The van der Waals surface area contributed by atoms with Gasteiger partial charge < -0.3 is 28.6 Å². The summed E-state index contributed by atoms with van der Waals surface area (Å²) in [6.45, 7) is 4.63. The van der Waals surface area contributed by atoms with Crippen molar-refractivity contribution >= 4 is 39.0 Å². The summed E-state index contributed by atoms with van der Waals surface area (Å²) in [6, 6.07) is 11.3. The Balaban J connectivity index is 1.27. The third-order valence-electron chi connectivity index (χ3n) is 10.7. The van der Waals surface area contributed by atoms with Crippen molar-refractivity contribution in [3.8, 4) is 11.6 Å². The van der Waals surface area contributed by atoms with Crippen LogP contribution < -0.4 is 19.1 Å². The Morgan fingerprint density at radius 2 is 1.93 bits per heavy atom. The van der Waals surface area contributed by atoms with Gasteiger partial charge in [0.2, 0.25) is 5.88 Å². The number of fused-ring (bicyclic) bond motifs is 3. The smallest absolute Gasteiger partial charge is 0.286 e. The van der Waals surface area contributed by atoms with Crippen molar-refractivity contribution in [1.29, 1.82) is 0 Å². The lowest BCUT2D eigenvalue weighted by atomic mass is 9.70. The van der Waals surface area contributed by atoms with Crippen LogP contribution in [-0.4, -0.2) is 84.0 Å². The van der Waals surface area contributed by atoms with E-state index < -0.39 is 28.0 Å². The van der Waals surface area contributed by atoms with E-state index in [1.54, 1.807) is 32.4 Å². The minimum Gasteiger partial charge on any atom is -0.491 e. The normalized spacial score (nSPS) is 27.0. The van der Waals surface area contributed by atoms with Crippen molar-refractivity contribution in [1.82, 2.24) is 14.5 Å². The second-order valence-electron chi connectivity index (χ2n) is 14.9. The average molecular weight is 796 g/mol. The summed E-state index contributed by atoms with van der Waals surface area (Å²) in [6.07, 6.45) is 10.2. The van der Waals surface area contributed by atoms with Gasteiger partial charge in [-0.1, -0.05) is 36.7 Å². The highest BCUT2D eigenvalue weighted by molar-refractivity contribution is 7.92. The predicted molar refractivity (Wildman–Crippen MR) is 209 cm³/mol. The molecule has 2 bridgehead atoms. The number of rotatable bonds is 6. The van der Waals surface area contributed by atoms with Crippen LogP contribution in [-0.2, 0) is 44.1 Å². The van der Waals surface area contributed by atoms with Gasteiger partial charge in [0.15, 0.2) is 6.29 Å². The van der Waals surface area contributed by atoms with Gasteiger partial charge in [0.1, 0.15) is 27.8 Å². The summed E-state index contributed by atoms with van der Waals surface area (Å²) in [5.41, 5.74) is 3.39. The summed E-state index contributed by atoms with van der Waals surface area (Å²) in [5, 5.41) is 4.98. The lowest BCUT2D eigenvalue weighted by molar-refractivity contribution is -0.0693. The monoisotopic (exact) mass is 795 g/mol. The number of methoxy groups -OCH3 is 1. The van der Waals surface area contributed by atoms with Crippen LogP contribution in [0.1, 0.15) is 70.9 Å². The Morgan fingerprint density at radius 1 is 1.09 bits per heavy atom. The minimum absolute atomic E-state index is 0.0152. The molecule has 15 heteroatoms. The molecule has 1 N–H and O–H groups in total. The third-order valence-corrected chi connectivity index (χ3v) is 13.0. The summed E-state index contributed by atoms with van der Waals surface area (Å²) < 4.78 is 52.3. The quantitative estimate of drug-likeness (QED) is 0.289. The first kappa shape index (κ1) is 39.3. The van der Waals surface area contributed by atoms with E-state index in [0.717, 1.165) is 43.4 Å². The van der Waals surface area contributed by atoms with Gasteiger partial charge in [-0.25, -0.2) is 4.21 Å². The van der Waals surface area contributed by atoms with Crippen LogP contribution in [0.3, 0.4) is 0 Å². The van der Waals surface area contributed by atoms with Gasteiger partial charge in [0.05, 0.1) is 37.4 Å². The van der Waals surface area contributed by atoms with E-state index in [0.29, 0.717) is 61.9 Å². The number of anilines is 1. The standard InChI is InChI=1S/C40H50ClN5O8S/c1-26-7-6-9-35(50-3)32-14-11-30(32)22-46-21-29-10-13-31(41)19-27(29)8-4-5-16-51-36-15-12-28(20-34(36)46)38(47)43-55(49,25-26)44-39(48)33-23-45(2)42-40(33)54-24-37-52-17-18-53-37/h6,9-10,12-13,15,19-20,23,26,30,32,35,37H,4-5,7-8,11,14,16-18,21-22,24-25H2,1-3H3,(H,43,44,47,48,49)/b9-6+/t26-,30-,32+,35-,55?/m0/s1. The maximum Gasteiger partial charge on any atom is 0.286 e. The molecule has 3 aliphatic heterocycles. The molecule has 2 aromatic carbocycles. The molecule has 1 saturated heterocycles. The number of nitrogens with zero attached hydrogens (tertiary/aromatic N) is 4. The highest BCUT2D eigenvalue weighted by Gasteiger charge is 2.38. The van der Waals surface area contributed by atoms with Crippen molar-refractivity contribution in [3.05, 3.63) is 82.0 Å². The number of aromatic nitrogens is 2. The van der Waals surface area contributed by atoms with Gasteiger partial charge >= 0.3 is 0 Å². The molecule has 4 aliphatic rings. The summed E-state index contributed by atoms with van der Waals surface area (Å²) in [5.74, 6) is -0.407. The van der Waals surface area contributed by atoms with Crippen LogP contribution in [0, 0.1) is 17.8 Å². The van der Waals surface area contributed by atoms with Crippen molar-refractivity contribution in [2.24, 2.45) is 29.2 Å². The molecule has 1 unspecified atom stereocenters. The first-order valence-electron chi connectivity index (χ1n) is 19.1. The van der Waals surface area contributed by atoms with Gasteiger partial charge in [-0.3, -0.25) is 19.0 Å². The molecule has 1 saturated carbocycles. The third kappa shape index (κ3) is 9.54. The van der Waals surface area contributed by atoms with Crippen LogP contribution in [0.5, 0.6) is 11.6 Å². The number of nitrogens with one attached hydrogen (secondary N) is 1. The molecule has 2 amide bonds. The van der Waals surface area contributed by atoms with E-state index in [1.807, 2.05) is 19.1 Å². The molecule has 5 atom stereocenters. The van der Waals surface area contributed by atoms with Crippen LogP contribution >= 0.6 is 11.6 Å². The largest absolute Gasteiger partial charge is 0.491 e. The second kappa shape index (κ2) is 17.5. The number of amides is 2. The van der Waals surface area contributed by atoms with Gasteiger partial charge in [-0.05, 0) is 97.7 Å². The first-order valence-corrected chi connectivity index (χ1v) is 21.1. The summed E-state index contributed by atoms with van der Waals surface area (Å²) >= 11 is 6.48. The Kier molecular flexibility index (Phi) is 12.5. The summed E-state index contributed by atoms with van der Waals surface area (Å²) in [7, 11) is -0.286. The van der Waals surface area contributed by atoms with Crippen molar-refractivity contribution in [2.75, 3.05) is 50.7 Å². The highest BCUT2D eigenvalue weighted by Crippen LogP contribution is 2.42. The number of carbonyl (C=O) groups excluding carboxylic acids is 2. The molecular formula is C40H50ClN5O8S. The van der Waals surface area contributed by atoms with Gasteiger partial charge in [0.25, 0.3) is 11.8 Å². The number of aryl methyl sites for hydroxylation is 2. The molecule has 296 valence electrons. The summed E-state index contributed by atoms with van der Waals surface area (Å²) in [4.78, 5) is 30.3. The van der Waals surface area contributed by atoms with Crippen LogP contribution in [0.25, 0.3) is 0 Å². The molecular weight excluding hydrogens is 746 g/mol. The van der Waals surface area contributed by atoms with Gasteiger partial charge in [-0.15, -0.1) is 9.46 Å². The molecule has 0 spiro atoms. The zero-order valence-corrected chi connectivity index (χ0v) is 33.2. The van der Waals surface area contributed by atoms with E-state index in [1.165, 1.54) is 16.4 Å². The second-order valence-corrected chi connectivity index (χ2v) is 17.3. The zero-order chi connectivity index (χ0) is 38.5. The molecule has 4 heterocycles. The Bertz CT molecular complexity index is 2020. The van der Waals surface area contributed by atoms with Crippen LogP contribution in [0.15, 0.2) is 59.1 Å². The zero-order valence-electron chi connectivity index (χ0n) is 31.6. The fourth-order valence-electron chi connectivity index (χ4n) is 7.76. The maximum atomic E-state index is 14.8. The lowest BCUT2D eigenvalue weighted by Crippen LogP contribution is -2.43. The average Bonchev–Trinajstić information content (AvgIpc) is 3.80. The SMILES string of the molecule is CO[C@H]1/C=C/C[C@H](C)CS(=O)(NC(=O)c2cn(C)nc2OCC2OCCO2)=NC(=O)c2ccc3c(c2)N(Cc2ccc(Cl)cc2CCCCO3)C[C@@H]2CC[C@H]21. The van der Waals surface area contributed by atoms with E-state index >= 15 is 0 Å². The maximum absolute atomic E-state index is 14.8. The van der Waals surface area contributed by atoms with Crippen LogP contribution in [0.2, 0.25) is 5.02 Å². The molecule has 3 aromatic rings. The molecule has 1 aromatic heterocycles. The fraction of sp³-hybridized carbons (Fsp3) is 0.525. The Morgan fingerprint density at radius 3 is 2.71 bits per heavy atom. The molecule has 7 rings (SSSR count). The number of hydrogen-bond donors (Lipinski definition) is 1. The van der Waals surface area contributed by atoms with E-state index in [-0.39, 0.29) is 41.4 Å². The minimum atomic E-state index is -3.67. The van der Waals surface area contributed by atoms with E-state index in [9.17, 15) is 13.8 Å².